The predicted molar refractivity (Wildman–Crippen MR) is 105 cm³/mol. The molecule has 2 atom stereocenters. The molecule has 0 fully saturated rings. The first kappa shape index (κ1) is 19.7. The van der Waals surface area contributed by atoms with Crippen molar-refractivity contribution in [1.29, 1.82) is 0 Å². The molecule has 0 radical (unpaired) electrons. The van der Waals surface area contributed by atoms with E-state index < -0.39 is 24.0 Å². The highest BCUT2D eigenvalue weighted by atomic mass is 16.5. The number of hydrogen-bond donors (Lipinski definition) is 2. The minimum atomic E-state index is -0.732. The highest BCUT2D eigenvalue weighted by molar-refractivity contribution is 6.23. The van der Waals surface area contributed by atoms with Gasteiger partial charge in [0.1, 0.15) is 0 Å². The second kappa shape index (κ2) is 7.90. The third-order valence-corrected chi connectivity index (χ3v) is 4.73. The normalized spacial score (nSPS) is 15.4. The standard InChI is InChI=1S/C21H24N2O5/c1-4-28-18-11-13(8-9-17(18)27-3)16(10-12(2)24)23-20(25)14-6-5-7-15(22)19(14)21(23)26/h5-9,11-12,16,24H,4,10,22H2,1-3H3/t12?,16-/m1/s1. The lowest BCUT2D eigenvalue weighted by Crippen LogP contribution is -2.35. The molecule has 3 N–H and O–H groups in total. The van der Waals surface area contributed by atoms with Crippen LogP contribution in [0.4, 0.5) is 5.69 Å². The van der Waals surface area contributed by atoms with E-state index in [1.165, 1.54) is 12.0 Å². The molecule has 0 aliphatic carbocycles. The maximum atomic E-state index is 13.0. The van der Waals surface area contributed by atoms with Crippen LogP contribution in [-0.2, 0) is 0 Å². The number of carbonyl (C=O) groups excluding carboxylic acids is 2. The second-order valence-corrected chi connectivity index (χ2v) is 6.69. The first-order valence-corrected chi connectivity index (χ1v) is 9.14. The molecule has 0 saturated carbocycles. The Hall–Kier alpha value is -3.06. The number of nitrogen functional groups attached to an aromatic ring is 1. The molecular formula is C21H24N2O5. The van der Waals surface area contributed by atoms with Gasteiger partial charge in [-0.05, 0) is 50.1 Å². The number of benzene rings is 2. The predicted octanol–water partition coefficient (Wildman–Crippen LogP) is 2.78. The summed E-state index contributed by atoms with van der Waals surface area (Å²) in [5.41, 5.74) is 7.36. The van der Waals surface area contributed by atoms with E-state index >= 15 is 0 Å². The first-order chi connectivity index (χ1) is 13.4. The molecule has 2 amide bonds. The molecule has 7 heteroatoms. The summed E-state index contributed by atoms with van der Waals surface area (Å²) in [5.74, 6) is 0.173. The minimum Gasteiger partial charge on any atom is -0.493 e. The number of amides is 2. The van der Waals surface area contributed by atoms with Gasteiger partial charge in [-0.1, -0.05) is 12.1 Å². The Morgan fingerprint density at radius 2 is 1.89 bits per heavy atom. The number of aliphatic hydroxyl groups is 1. The van der Waals surface area contributed by atoms with Gasteiger partial charge in [-0.25, -0.2) is 0 Å². The van der Waals surface area contributed by atoms with Crippen molar-refractivity contribution in [3.05, 3.63) is 53.1 Å². The van der Waals surface area contributed by atoms with Crippen LogP contribution in [0.15, 0.2) is 36.4 Å². The summed E-state index contributed by atoms with van der Waals surface area (Å²) in [6.45, 7) is 3.91. The Morgan fingerprint density at radius 3 is 2.50 bits per heavy atom. The van der Waals surface area contributed by atoms with Crippen molar-refractivity contribution in [3.8, 4) is 11.5 Å². The number of rotatable bonds is 7. The Labute approximate surface area is 163 Å². The molecule has 1 aliphatic rings. The molecule has 3 rings (SSSR count). The van der Waals surface area contributed by atoms with Crippen LogP contribution >= 0.6 is 0 Å². The zero-order chi connectivity index (χ0) is 20.4. The van der Waals surface area contributed by atoms with Gasteiger partial charge in [0.15, 0.2) is 11.5 Å². The van der Waals surface area contributed by atoms with Gasteiger partial charge in [-0.15, -0.1) is 0 Å². The molecular weight excluding hydrogens is 360 g/mol. The summed E-state index contributed by atoms with van der Waals surface area (Å²) < 4.78 is 10.9. The number of anilines is 1. The van der Waals surface area contributed by atoms with Crippen LogP contribution in [0.25, 0.3) is 0 Å². The number of aliphatic hydroxyl groups excluding tert-OH is 1. The smallest absolute Gasteiger partial charge is 0.264 e. The third kappa shape index (κ3) is 3.41. The number of nitrogens with two attached hydrogens (primary N) is 1. The van der Waals surface area contributed by atoms with Crippen molar-refractivity contribution in [2.75, 3.05) is 19.5 Å². The van der Waals surface area contributed by atoms with Crippen LogP contribution in [0, 0.1) is 0 Å². The van der Waals surface area contributed by atoms with E-state index in [2.05, 4.69) is 0 Å². The van der Waals surface area contributed by atoms with Gasteiger partial charge in [0, 0.05) is 5.69 Å². The van der Waals surface area contributed by atoms with Crippen LogP contribution < -0.4 is 15.2 Å². The topological polar surface area (TPSA) is 102 Å². The van der Waals surface area contributed by atoms with E-state index in [0.717, 1.165) is 0 Å². The average molecular weight is 384 g/mol. The lowest BCUT2D eigenvalue weighted by molar-refractivity contribution is 0.0523. The molecule has 0 spiro atoms. The molecule has 28 heavy (non-hydrogen) atoms. The monoisotopic (exact) mass is 384 g/mol. The zero-order valence-corrected chi connectivity index (χ0v) is 16.1. The molecule has 1 unspecified atom stereocenters. The van der Waals surface area contributed by atoms with Crippen LogP contribution in [0.1, 0.15) is 52.6 Å². The van der Waals surface area contributed by atoms with Gasteiger partial charge in [-0.3, -0.25) is 14.5 Å². The number of methoxy groups -OCH3 is 1. The summed E-state index contributed by atoms with van der Waals surface area (Å²) in [6.07, 6.45) is -0.548. The lowest BCUT2D eigenvalue weighted by atomic mass is 9.98. The number of imide groups is 1. The Morgan fingerprint density at radius 1 is 1.14 bits per heavy atom. The van der Waals surface area contributed by atoms with E-state index in [-0.39, 0.29) is 23.2 Å². The van der Waals surface area contributed by atoms with Crippen LogP contribution in [0.2, 0.25) is 0 Å². The first-order valence-electron chi connectivity index (χ1n) is 9.14. The van der Waals surface area contributed by atoms with Gasteiger partial charge in [0.25, 0.3) is 11.8 Å². The van der Waals surface area contributed by atoms with Crippen LogP contribution in [0.3, 0.4) is 0 Å². The van der Waals surface area contributed by atoms with Gasteiger partial charge in [0.05, 0.1) is 37.0 Å². The Balaban J connectivity index is 2.07. The van der Waals surface area contributed by atoms with Gasteiger partial charge in [-0.2, -0.15) is 0 Å². The molecule has 1 heterocycles. The fourth-order valence-corrected chi connectivity index (χ4v) is 3.50. The van der Waals surface area contributed by atoms with Crippen molar-refractivity contribution >= 4 is 17.5 Å². The molecule has 2 aromatic carbocycles. The highest BCUT2D eigenvalue weighted by Crippen LogP contribution is 2.39. The SMILES string of the molecule is CCOc1cc([C@@H](CC(C)O)N2C(=O)c3cccc(N)c3C2=O)ccc1OC. The van der Waals surface area contributed by atoms with Crippen LogP contribution in [-0.4, -0.2) is 41.6 Å². The second-order valence-electron chi connectivity index (χ2n) is 6.69. The maximum absolute atomic E-state index is 13.0. The average Bonchev–Trinajstić information content (AvgIpc) is 2.91. The summed E-state index contributed by atoms with van der Waals surface area (Å²) in [5, 5.41) is 10.0. The van der Waals surface area contributed by atoms with Crippen molar-refractivity contribution in [3.63, 3.8) is 0 Å². The Kier molecular flexibility index (Phi) is 5.56. The van der Waals surface area contributed by atoms with Gasteiger partial charge in [0.2, 0.25) is 0 Å². The van der Waals surface area contributed by atoms with E-state index in [0.29, 0.717) is 23.7 Å². The summed E-state index contributed by atoms with van der Waals surface area (Å²) in [4.78, 5) is 27.2. The molecule has 7 nitrogen and oxygen atoms in total. The van der Waals surface area contributed by atoms with Crippen molar-refractivity contribution in [2.45, 2.75) is 32.4 Å². The number of fused-ring (bicyclic) bond motifs is 1. The zero-order valence-electron chi connectivity index (χ0n) is 16.1. The van der Waals surface area contributed by atoms with E-state index in [9.17, 15) is 14.7 Å². The molecule has 0 aromatic heterocycles. The number of ether oxygens (including phenoxy) is 2. The van der Waals surface area contributed by atoms with Gasteiger partial charge < -0.3 is 20.3 Å². The van der Waals surface area contributed by atoms with E-state index in [1.54, 1.807) is 43.3 Å². The summed E-state index contributed by atoms with van der Waals surface area (Å²) in [6, 6.07) is 9.39. The molecule has 0 saturated heterocycles. The van der Waals surface area contributed by atoms with Crippen molar-refractivity contribution in [1.82, 2.24) is 4.90 Å². The van der Waals surface area contributed by atoms with Crippen LogP contribution in [0.5, 0.6) is 11.5 Å². The quantitative estimate of drug-likeness (QED) is 0.562. The highest BCUT2D eigenvalue weighted by Gasteiger charge is 2.42. The lowest BCUT2D eigenvalue weighted by Gasteiger charge is -2.28. The fourth-order valence-electron chi connectivity index (χ4n) is 3.50. The van der Waals surface area contributed by atoms with Gasteiger partial charge >= 0.3 is 0 Å². The third-order valence-electron chi connectivity index (χ3n) is 4.73. The maximum Gasteiger partial charge on any atom is 0.264 e. The molecule has 148 valence electrons. The summed E-state index contributed by atoms with van der Waals surface area (Å²) >= 11 is 0. The largest absolute Gasteiger partial charge is 0.493 e. The minimum absolute atomic E-state index is 0.184. The number of nitrogens with zero attached hydrogens (tertiary/aromatic N) is 1. The van der Waals surface area contributed by atoms with E-state index in [4.69, 9.17) is 15.2 Å². The molecule has 1 aliphatic heterocycles. The Bertz CT molecular complexity index is 910. The van der Waals surface area contributed by atoms with E-state index in [1.807, 2.05) is 6.92 Å². The van der Waals surface area contributed by atoms with Crippen molar-refractivity contribution < 1.29 is 24.2 Å². The fraction of sp³-hybridized carbons (Fsp3) is 0.333. The van der Waals surface area contributed by atoms with Crippen molar-refractivity contribution in [2.24, 2.45) is 0 Å². The molecule has 2 aromatic rings. The number of carbonyl (C=O) groups is 2. The summed E-state index contributed by atoms with van der Waals surface area (Å²) in [7, 11) is 1.54. The number of hydrogen-bond acceptors (Lipinski definition) is 6. The molecule has 0 bridgehead atoms.